The normalized spacial score (nSPS) is 18.8. The average Bonchev–Trinajstić information content (AvgIpc) is 2.59. The van der Waals surface area contributed by atoms with Crippen LogP contribution in [0.1, 0.15) is 30.6 Å². The SMILES string of the molecule is COc1ccc(C(=O)N2CCCNCC2(C)C)cc1. The van der Waals surface area contributed by atoms with Gasteiger partial charge < -0.3 is 15.0 Å². The van der Waals surface area contributed by atoms with Gasteiger partial charge in [0, 0.05) is 24.2 Å². The number of carbonyl (C=O) groups is 1. The second kappa shape index (κ2) is 5.61. The lowest BCUT2D eigenvalue weighted by Crippen LogP contribution is -2.51. The summed E-state index contributed by atoms with van der Waals surface area (Å²) in [5.41, 5.74) is 0.559. The number of rotatable bonds is 2. The minimum absolute atomic E-state index is 0.0938. The molecule has 0 aromatic heterocycles. The summed E-state index contributed by atoms with van der Waals surface area (Å²) >= 11 is 0. The highest BCUT2D eigenvalue weighted by Gasteiger charge is 2.32. The van der Waals surface area contributed by atoms with Crippen molar-refractivity contribution in [3.05, 3.63) is 29.8 Å². The van der Waals surface area contributed by atoms with Crippen LogP contribution in [0.2, 0.25) is 0 Å². The highest BCUT2D eigenvalue weighted by atomic mass is 16.5. The molecule has 1 aliphatic rings. The lowest BCUT2D eigenvalue weighted by Gasteiger charge is -2.37. The molecule has 0 unspecified atom stereocenters. The molecule has 1 aromatic carbocycles. The molecule has 4 heteroatoms. The monoisotopic (exact) mass is 262 g/mol. The number of nitrogens with zero attached hydrogens (tertiary/aromatic N) is 1. The van der Waals surface area contributed by atoms with Crippen molar-refractivity contribution in [3.8, 4) is 5.75 Å². The Bertz CT molecular complexity index is 440. The molecule has 104 valence electrons. The summed E-state index contributed by atoms with van der Waals surface area (Å²) in [6, 6.07) is 7.32. The zero-order chi connectivity index (χ0) is 13.9. The van der Waals surface area contributed by atoms with Gasteiger partial charge in [0.1, 0.15) is 5.75 Å². The van der Waals surface area contributed by atoms with Crippen LogP contribution in [0.25, 0.3) is 0 Å². The Morgan fingerprint density at radius 3 is 2.63 bits per heavy atom. The average molecular weight is 262 g/mol. The second-order valence-corrected chi connectivity index (χ2v) is 5.53. The van der Waals surface area contributed by atoms with E-state index in [1.807, 2.05) is 29.2 Å². The maximum Gasteiger partial charge on any atom is 0.254 e. The van der Waals surface area contributed by atoms with Crippen LogP contribution in [0.15, 0.2) is 24.3 Å². The molecule has 0 aliphatic carbocycles. The van der Waals surface area contributed by atoms with Gasteiger partial charge in [0.25, 0.3) is 5.91 Å². The zero-order valence-electron chi connectivity index (χ0n) is 11.9. The number of ether oxygens (including phenoxy) is 1. The van der Waals surface area contributed by atoms with Crippen LogP contribution in [-0.4, -0.2) is 43.1 Å². The molecular formula is C15H22N2O2. The first-order chi connectivity index (χ1) is 9.04. The molecular weight excluding hydrogens is 240 g/mol. The highest BCUT2D eigenvalue weighted by molar-refractivity contribution is 5.94. The molecule has 1 amide bonds. The summed E-state index contributed by atoms with van der Waals surface area (Å²) in [5, 5.41) is 3.38. The van der Waals surface area contributed by atoms with Crippen LogP contribution in [0, 0.1) is 0 Å². The standard InChI is InChI=1S/C15H22N2O2/c1-15(2)11-16-9-4-10-17(15)14(18)12-5-7-13(19-3)8-6-12/h5-8,16H,4,9-11H2,1-3H3. The number of hydrogen-bond donors (Lipinski definition) is 1. The van der Waals surface area contributed by atoms with Gasteiger partial charge in [0.05, 0.1) is 7.11 Å². The maximum atomic E-state index is 12.6. The molecule has 1 N–H and O–H groups in total. The first-order valence-electron chi connectivity index (χ1n) is 6.71. The second-order valence-electron chi connectivity index (χ2n) is 5.53. The largest absolute Gasteiger partial charge is 0.497 e. The van der Waals surface area contributed by atoms with E-state index in [1.54, 1.807) is 7.11 Å². The topological polar surface area (TPSA) is 41.6 Å². The van der Waals surface area contributed by atoms with E-state index in [-0.39, 0.29) is 11.4 Å². The summed E-state index contributed by atoms with van der Waals surface area (Å²) in [5.74, 6) is 0.865. The van der Waals surface area contributed by atoms with Gasteiger partial charge in [0.15, 0.2) is 0 Å². The molecule has 1 heterocycles. The molecule has 19 heavy (non-hydrogen) atoms. The van der Waals surface area contributed by atoms with Crippen molar-refractivity contribution in [3.63, 3.8) is 0 Å². The van der Waals surface area contributed by atoms with E-state index in [9.17, 15) is 4.79 Å². The Morgan fingerprint density at radius 2 is 2.00 bits per heavy atom. The van der Waals surface area contributed by atoms with Gasteiger partial charge in [-0.05, 0) is 51.1 Å². The third-order valence-corrected chi connectivity index (χ3v) is 3.61. The van der Waals surface area contributed by atoms with E-state index in [0.29, 0.717) is 0 Å². The Hall–Kier alpha value is -1.55. The van der Waals surface area contributed by atoms with Crippen LogP contribution in [0.5, 0.6) is 5.75 Å². The molecule has 0 radical (unpaired) electrons. The van der Waals surface area contributed by atoms with Crippen LogP contribution >= 0.6 is 0 Å². The first-order valence-corrected chi connectivity index (χ1v) is 6.71. The van der Waals surface area contributed by atoms with Gasteiger partial charge in [-0.3, -0.25) is 4.79 Å². The Morgan fingerprint density at radius 1 is 1.32 bits per heavy atom. The molecule has 1 aliphatic heterocycles. The molecule has 1 aromatic rings. The third-order valence-electron chi connectivity index (χ3n) is 3.61. The maximum absolute atomic E-state index is 12.6. The number of methoxy groups -OCH3 is 1. The summed E-state index contributed by atoms with van der Waals surface area (Å²) in [7, 11) is 1.63. The predicted octanol–water partition coefficient (Wildman–Crippen LogP) is 1.91. The summed E-state index contributed by atoms with van der Waals surface area (Å²) < 4.78 is 5.12. The number of nitrogens with one attached hydrogen (secondary N) is 1. The fourth-order valence-corrected chi connectivity index (χ4v) is 2.42. The summed E-state index contributed by atoms with van der Waals surface area (Å²) in [6.45, 7) is 6.80. The fourth-order valence-electron chi connectivity index (χ4n) is 2.42. The number of amides is 1. The molecule has 2 rings (SSSR count). The minimum atomic E-state index is -0.159. The Kier molecular flexibility index (Phi) is 4.10. The van der Waals surface area contributed by atoms with Gasteiger partial charge in [-0.2, -0.15) is 0 Å². The zero-order valence-corrected chi connectivity index (χ0v) is 11.9. The fraction of sp³-hybridized carbons (Fsp3) is 0.533. The summed E-state index contributed by atoms with van der Waals surface area (Å²) in [6.07, 6.45) is 0.991. The lowest BCUT2D eigenvalue weighted by atomic mass is 10.0. The lowest BCUT2D eigenvalue weighted by molar-refractivity contribution is 0.0578. The van der Waals surface area contributed by atoms with Gasteiger partial charge in [0.2, 0.25) is 0 Å². The molecule has 0 bridgehead atoms. The molecule has 1 fully saturated rings. The van der Waals surface area contributed by atoms with Crippen LogP contribution in [0.4, 0.5) is 0 Å². The van der Waals surface area contributed by atoms with E-state index in [4.69, 9.17) is 4.74 Å². The van der Waals surface area contributed by atoms with Gasteiger partial charge in [-0.25, -0.2) is 0 Å². The van der Waals surface area contributed by atoms with Crippen LogP contribution in [-0.2, 0) is 0 Å². The van der Waals surface area contributed by atoms with Gasteiger partial charge in [-0.1, -0.05) is 0 Å². The van der Waals surface area contributed by atoms with E-state index < -0.39 is 0 Å². The predicted molar refractivity (Wildman–Crippen MR) is 75.6 cm³/mol. The highest BCUT2D eigenvalue weighted by Crippen LogP contribution is 2.21. The summed E-state index contributed by atoms with van der Waals surface area (Å²) in [4.78, 5) is 14.6. The quantitative estimate of drug-likeness (QED) is 0.885. The van der Waals surface area contributed by atoms with Crippen molar-refractivity contribution >= 4 is 5.91 Å². The minimum Gasteiger partial charge on any atom is -0.497 e. The number of benzene rings is 1. The van der Waals surface area contributed by atoms with E-state index in [1.165, 1.54) is 0 Å². The van der Waals surface area contributed by atoms with E-state index in [0.717, 1.165) is 37.4 Å². The van der Waals surface area contributed by atoms with E-state index in [2.05, 4.69) is 19.2 Å². The van der Waals surface area contributed by atoms with Gasteiger partial charge in [-0.15, -0.1) is 0 Å². The van der Waals surface area contributed by atoms with Crippen LogP contribution < -0.4 is 10.1 Å². The van der Waals surface area contributed by atoms with Crippen molar-refractivity contribution in [2.45, 2.75) is 25.8 Å². The number of carbonyl (C=O) groups excluding carboxylic acids is 1. The van der Waals surface area contributed by atoms with Crippen molar-refractivity contribution in [1.82, 2.24) is 10.2 Å². The smallest absolute Gasteiger partial charge is 0.254 e. The van der Waals surface area contributed by atoms with Crippen molar-refractivity contribution < 1.29 is 9.53 Å². The van der Waals surface area contributed by atoms with E-state index >= 15 is 0 Å². The molecule has 4 nitrogen and oxygen atoms in total. The Labute approximate surface area is 114 Å². The molecule has 0 saturated carbocycles. The third kappa shape index (κ3) is 3.07. The van der Waals surface area contributed by atoms with Crippen molar-refractivity contribution in [2.24, 2.45) is 0 Å². The number of hydrogen-bond acceptors (Lipinski definition) is 3. The Balaban J connectivity index is 2.20. The molecule has 1 saturated heterocycles. The first kappa shape index (κ1) is 13.9. The van der Waals surface area contributed by atoms with Crippen molar-refractivity contribution in [2.75, 3.05) is 26.7 Å². The van der Waals surface area contributed by atoms with Gasteiger partial charge >= 0.3 is 0 Å². The van der Waals surface area contributed by atoms with Crippen molar-refractivity contribution in [1.29, 1.82) is 0 Å². The molecule has 0 atom stereocenters. The van der Waals surface area contributed by atoms with Crippen LogP contribution in [0.3, 0.4) is 0 Å². The molecule has 0 spiro atoms.